The SMILES string of the molecule is CCN(CC)/C(=C(\c1ccccc1)c1ccc(C)cc1)c1ccc(Cl)cc1. The molecule has 0 aliphatic heterocycles. The van der Waals surface area contributed by atoms with E-state index in [1.807, 2.05) is 12.1 Å². The number of nitrogens with zero attached hydrogens (tertiary/aromatic N) is 1. The van der Waals surface area contributed by atoms with Crippen LogP contribution in [0.1, 0.15) is 36.1 Å². The molecule has 3 aromatic rings. The van der Waals surface area contributed by atoms with Crippen LogP contribution in [0.2, 0.25) is 5.02 Å². The van der Waals surface area contributed by atoms with E-state index in [1.165, 1.54) is 33.5 Å². The van der Waals surface area contributed by atoms with Gasteiger partial charge in [-0.1, -0.05) is 83.9 Å². The van der Waals surface area contributed by atoms with E-state index in [1.54, 1.807) is 0 Å². The Morgan fingerprint density at radius 3 is 1.78 bits per heavy atom. The Balaban J connectivity index is 2.34. The first-order valence-corrected chi connectivity index (χ1v) is 9.89. The summed E-state index contributed by atoms with van der Waals surface area (Å²) in [7, 11) is 0. The van der Waals surface area contributed by atoms with Crippen molar-refractivity contribution >= 4 is 22.9 Å². The van der Waals surface area contributed by atoms with E-state index >= 15 is 0 Å². The molecule has 0 fully saturated rings. The fourth-order valence-electron chi connectivity index (χ4n) is 3.40. The van der Waals surface area contributed by atoms with Crippen molar-refractivity contribution in [3.63, 3.8) is 0 Å². The molecule has 0 aromatic heterocycles. The van der Waals surface area contributed by atoms with Gasteiger partial charge in [-0.2, -0.15) is 0 Å². The molecular formula is C25H26ClN. The summed E-state index contributed by atoms with van der Waals surface area (Å²) in [5, 5.41) is 0.759. The maximum absolute atomic E-state index is 6.17. The highest BCUT2D eigenvalue weighted by molar-refractivity contribution is 6.30. The monoisotopic (exact) mass is 375 g/mol. The van der Waals surface area contributed by atoms with Crippen LogP contribution in [0, 0.1) is 6.92 Å². The molecule has 3 aromatic carbocycles. The predicted molar refractivity (Wildman–Crippen MR) is 118 cm³/mol. The van der Waals surface area contributed by atoms with E-state index in [2.05, 4.69) is 92.4 Å². The van der Waals surface area contributed by atoms with E-state index in [9.17, 15) is 0 Å². The lowest BCUT2D eigenvalue weighted by Gasteiger charge is -2.29. The average Bonchev–Trinajstić information content (AvgIpc) is 2.71. The Hall–Kier alpha value is -2.51. The summed E-state index contributed by atoms with van der Waals surface area (Å²) in [4.78, 5) is 2.42. The number of rotatable bonds is 6. The lowest BCUT2D eigenvalue weighted by Crippen LogP contribution is -2.22. The fourth-order valence-corrected chi connectivity index (χ4v) is 3.52. The van der Waals surface area contributed by atoms with Crippen LogP contribution in [0.25, 0.3) is 11.3 Å². The Kier molecular flexibility index (Phi) is 6.36. The van der Waals surface area contributed by atoms with Crippen molar-refractivity contribution in [2.75, 3.05) is 13.1 Å². The summed E-state index contributed by atoms with van der Waals surface area (Å²) in [5.41, 5.74) is 7.39. The molecule has 27 heavy (non-hydrogen) atoms. The zero-order valence-electron chi connectivity index (χ0n) is 16.2. The quantitative estimate of drug-likeness (QED) is 0.423. The van der Waals surface area contributed by atoms with Crippen molar-refractivity contribution in [1.82, 2.24) is 4.90 Å². The molecule has 0 saturated carbocycles. The Labute approximate surface area is 167 Å². The first kappa shape index (κ1) is 19.3. The lowest BCUT2D eigenvalue weighted by molar-refractivity contribution is 0.443. The fraction of sp³-hybridized carbons (Fsp3) is 0.200. The van der Waals surface area contributed by atoms with Gasteiger partial charge in [0.1, 0.15) is 0 Å². The zero-order chi connectivity index (χ0) is 19.2. The summed E-state index contributed by atoms with van der Waals surface area (Å²) < 4.78 is 0. The van der Waals surface area contributed by atoms with Crippen LogP contribution in [0.5, 0.6) is 0 Å². The molecule has 0 aliphatic carbocycles. The molecule has 138 valence electrons. The number of hydrogen-bond donors (Lipinski definition) is 0. The van der Waals surface area contributed by atoms with E-state index in [4.69, 9.17) is 11.6 Å². The Morgan fingerprint density at radius 1 is 0.704 bits per heavy atom. The number of aryl methyl sites for hydroxylation is 1. The van der Waals surface area contributed by atoms with E-state index < -0.39 is 0 Å². The van der Waals surface area contributed by atoms with Gasteiger partial charge in [-0.05, 0) is 49.6 Å². The molecular weight excluding hydrogens is 350 g/mol. The molecule has 3 rings (SSSR count). The molecule has 1 nitrogen and oxygen atoms in total. The lowest BCUT2D eigenvalue weighted by atomic mass is 9.92. The molecule has 0 atom stereocenters. The minimum absolute atomic E-state index is 0.759. The van der Waals surface area contributed by atoms with E-state index in [-0.39, 0.29) is 0 Å². The van der Waals surface area contributed by atoms with Crippen molar-refractivity contribution in [1.29, 1.82) is 0 Å². The van der Waals surface area contributed by atoms with Crippen molar-refractivity contribution in [3.8, 4) is 0 Å². The summed E-state index contributed by atoms with van der Waals surface area (Å²) >= 11 is 6.17. The third-order valence-corrected chi connectivity index (χ3v) is 5.09. The highest BCUT2D eigenvalue weighted by atomic mass is 35.5. The standard InChI is InChI=1S/C25H26ClN/c1-4-27(5-2)25(22-15-17-23(26)18-16-22)24(20-9-7-6-8-10-20)21-13-11-19(3)12-14-21/h6-18H,4-5H2,1-3H3/b25-24+. The van der Waals surface area contributed by atoms with Crippen LogP contribution < -0.4 is 0 Å². The van der Waals surface area contributed by atoms with Gasteiger partial charge in [0, 0.05) is 23.7 Å². The molecule has 0 aliphatic rings. The predicted octanol–water partition coefficient (Wildman–Crippen LogP) is 6.91. The number of hydrogen-bond acceptors (Lipinski definition) is 1. The van der Waals surface area contributed by atoms with Gasteiger partial charge >= 0.3 is 0 Å². The summed E-state index contributed by atoms with van der Waals surface area (Å²) in [6, 6.07) is 27.6. The Bertz CT molecular complexity index is 889. The smallest absolute Gasteiger partial charge is 0.0525 e. The highest BCUT2D eigenvalue weighted by Gasteiger charge is 2.18. The second kappa shape index (κ2) is 8.92. The van der Waals surface area contributed by atoms with Gasteiger partial charge in [-0.15, -0.1) is 0 Å². The first-order valence-electron chi connectivity index (χ1n) is 9.51. The van der Waals surface area contributed by atoms with Crippen molar-refractivity contribution in [3.05, 3.63) is 106 Å². The molecule has 0 spiro atoms. The van der Waals surface area contributed by atoms with Crippen LogP contribution >= 0.6 is 11.6 Å². The molecule has 0 heterocycles. The van der Waals surface area contributed by atoms with Crippen molar-refractivity contribution < 1.29 is 0 Å². The van der Waals surface area contributed by atoms with Gasteiger partial charge < -0.3 is 4.90 Å². The third-order valence-electron chi connectivity index (χ3n) is 4.84. The normalized spacial score (nSPS) is 11.9. The Morgan fingerprint density at radius 2 is 1.22 bits per heavy atom. The van der Waals surface area contributed by atoms with Gasteiger partial charge in [0.05, 0.1) is 5.70 Å². The molecule has 0 bridgehead atoms. The van der Waals surface area contributed by atoms with Gasteiger partial charge in [0.2, 0.25) is 0 Å². The van der Waals surface area contributed by atoms with Crippen LogP contribution in [0.3, 0.4) is 0 Å². The molecule has 0 radical (unpaired) electrons. The van der Waals surface area contributed by atoms with Gasteiger partial charge in [0.15, 0.2) is 0 Å². The topological polar surface area (TPSA) is 3.24 Å². The molecule has 2 heteroatoms. The number of benzene rings is 3. The second-order valence-corrected chi connectivity index (χ2v) is 7.07. The maximum atomic E-state index is 6.17. The van der Waals surface area contributed by atoms with Gasteiger partial charge in [-0.3, -0.25) is 0 Å². The van der Waals surface area contributed by atoms with Crippen LogP contribution in [-0.2, 0) is 0 Å². The van der Waals surface area contributed by atoms with Gasteiger partial charge in [0.25, 0.3) is 0 Å². The maximum Gasteiger partial charge on any atom is 0.0525 e. The molecule has 0 unspecified atom stereocenters. The largest absolute Gasteiger partial charge is 0.371 e. The minimum atomic E-state index is 0.759. The molecule has 0 saturated heterocycles. The molecule has 0 amide bonds. The van der Waals surface area contributed by atoms with E-state index in [0.717, 1.165) is 18.1 Å². The summed E-state index contributed by atoms with van der Waals surface area (Å²) in [6.45, 7) is 8.42. The number of halogens is 1. The van der Waals surface area contributed by atoms with Gasteiger partial charge in [-0.25, -0.2) is 0 Å². The molecule has 0 N–H and O–H groups in total. The first-order chi connectivity index (χ1) is 13.1. The van der Waals surface area contributed by atoms with Crippen LogP contribution in [0.15, 0.2) is 78.9 Å². The van der Waals surface area contributed by atoms with Crippen molar-refractivity contribution in [2.24, 2.45) is 0 Å². The minimum Gasteiger partial charge on any atom is -0.371 e. The second-order valence-electron chi connectivity index (χ2n) is 6.63. The van der Waals surface area contributed by atoms with Crippen LogP contribution in [-0.4, -0.2) is 18.0 Å². The van der Waals surface area contributed by atoms with Crippen molar-refractivity contribution in [2.45, 2.75) is 20.8 Å². The van der Waals surface area contributed by atoms with Crippen LogP contribution in [0.4, 0.5) is 0 Å². The third kappa shape index (κ3) is 4.43. The van der Waals surface area contributed by atoms with E-state index in [0.29, 0.717) is 0 Å². The summed E-state index contributed by atoms with van der Waals surface area (Å²) in [6.07, 6.45) is 0. The highest BCUT2D eigenvalue weighted by Crippen LogP contribution is 2.35. The average molecular weight is 376 g/mol. The zero-order valence-corrected chi connectivity index (χ0v) is 17.0. The summed E-state index contributed by atoms with van der Waals surface area (Å²) in [5.74, 6) is 0.